The Balaban J connectivity index is 1.83. The molecule has 2 bridgehead atoms. The summed E-state index contributed by atoms with van der Waals surface area (Å²) in [7, 11) is -4.01. The number of carbonyl (C=O) groups excluding carboxylic acids is 4. The van der Waals surface area contributed by atoms with Gasteiger partial charge in [0.25, 0.3) is 11.8 Å². The van der Waals surface area contributed by atoms with Crippen molar-refractivity contribution in [3.05, 3.63) is 107 Å². The number of nitrogens with two attached hydrogens (primary N) is 1. The van der Waals surface area contributed by atoms with Crippen molar-refractivity contribution >= 4 is 39.5 Å². The van der Waals surface area contributed by atoms with E-state index in [1.807, 2.05) is 0 Å². The van der Waals surface area contributed by atoms with Gasteiger partial charge >= 0.3 is 0 Å². The third-order valence-electron chi connectivity index (χ3n) is 7.92. The molecule has 0 aromatic heterocycles. The van der Waals surface area contributed by atoms with Crippen LogP contribution >= 0.6 is 0 Å². The van der Waals surface area contributed by atoms with Gasteiger partial charge in [-0.15, -0.1) is 0 Å². The van der Waals surface area contributed by atoms with Gasteiger partial charge in [-0.05, 0) is 74.8 Å². The number of allylic oxidation sites excluding steroid dienone is 4. The highest BCUT2D eigenvalue weighted by Crippen LogP contribution is 2.11. The Bertz CT molecular complexity index is 1700. The average molecular weight is 706 g/mol. The minimum atomic E-state index is -4.01. The van der Waals surface area contributed by atoms with E-state index in [1.165, 1.54) is 12.1 Å². The molecule has 0 spiro atoms. The molecule has 0 saturated carbocycles. The van der Waals surface area contributed by atoms with E-state index >= 15 is 0 Å². The predicted molar refractivity (Wildman–Crippen MR) is 194 cm³/mol. The molecule has 14 heteroatoms. The normalized spacial score (nSPS) is 18.8. The van der Waals surface area contributed by atoms with E-state index in [9.17, 15) is 27.6 Å². The van der Waals surface area contributed by atoms with Crippen molar-refractivity contribution in [2.45, 2.75) is 64.1 Å². The molecule has 1 aliphatic rings. The number of nitrogen functional groups attached to an aromatic ring is 1. The van der Waals surface area contributed by atoms with Crippen molar-refractivity contribution in [3.8, 4) is 0 Å². The first kappa shape index (κ1) is 39.4. The van der Waals surface area contributed by atoms with Crippen LogP contribution in [0.3, 0.4) is 0 Å². The van der Waals surface area contributed by atoms with Gasteiger partial charge in [0.2, 0.25) is 21.8 Å². The zero-order valence-corrected chi connectivity index (χ0v) is 29.1. The third kappa shape index (κ3) is 13.1. The van der Waals surface area contributed by atoms with E-state index in [1.54, 1.807) is 67.6 Å². The number of carbonyl (C=O) groups is 4. The highest BCUT2D eigenvalue weighted by atomic mass is 32.2. The van der Waals surface area contributed by atoms with E-state index in [0.29, 0.717) is 47.9 Å². The maximum Gasteiger partial charge on any atom is 0.251 e. The monoisotopic (exact) mass is 705 g/mol. The number of hydrogen-bond donors (Lipinski definition) is 7. The standard InChI is InChI=1S/C36H47N7O6S/c1-3-5-11-25(4-2)24-50(48,49)43-31-15-7-9-21-40-34(45)29-13-10-12-28(22-29)33(44)39-20-8-6-14-30(42-36(31)47)35(46)41-23-26-16-18-27(19-17-26)32(37)38/h3-5,10-13,16-19,22,30-31,43H,2,6-9,14-15,20-21,23-24H2,1H3,(H3,37,38)(H,39,44)(H,40,45)(H,41,46)(H,42,47)/b5-3-,25-11+/t30-,31+/m0/s1. The Morgan fingerprint density at radius 3 is 2.18 bits per heavy atom. The Hall–Kier alpha value is -5.08. The fourth-order valence-electron chi connectivity index (χ4n) is 5.13. The Morgan fingerprint density at radius 1 is 0.980 bits per heavy atom. The number of amidine groups is 1. The van der Waals surface area contributed by atoms with Crippen LogP contribution in [0.4, 0.5) is 0 Å². The second-order valence-electron chi connectivity index (χ2n) is 11.9. The van der Waals surface area contributed by atoms with Gasteiger partial charge in [-0.3, -0.25) is 24.6 Å². The van der Waals surface area contributed by atoms with Crippen LogP contribution in [0, 0.1) is 5.41 Å². The number of amides is 4. The van der Waals surface area contributed by atoms with Crippen molar-refractivity contribution in [2.24, 2.45) is 5.73 Å². The van der Waals surface area contributed by atoms with Crippen LogP contribution < -0.4 is 31.7 Å². The largest absolute Gasteiger partial charge is 0.384 e. The minimum absolute atomic E-state index is 0.0785. The van der Waals surface area contributed by atoms with Gasteiger partial charge in [0.15, 0.2) is 0 Å². The molecule has 4 amide bonds. The molecule has 2 aromatic carbocycles. The molecule has 3 rings (SSSR count). The number of hydrogen-bond acceptors (Lipinski definition) is 7. The molecule has 0 unspecified atom stereocenters. The van der Waals surface area contributed by atoms with Crippen molar-refractivity contribution < 1.29 is 27.6 Å². The summed E-state index contributed by atoms with van der Waals surface area (Å²) in [6.45, 7) is 6.16. The van der Waals surface area contributed by atoms with Crippen molar-refractivity contribution in [1.29, 1.82) is 5.41 Å². The number of nitrogens with one attached hydrogen (secondary N) is 6. The summed E-state index contributed by atoms with van der Waals surface area (Å²) in [5, 5.41) is 18.8. The number of sulfonamides is 1. The molecule has 268 valence electrons. The molecule has 2 atom stereocenters. The van der Waals surface area contributed by atoms with Gasteiger partial charge in [-0.1, -0.05) is 61.2 Å². The first-order chi connectivity index (χ1) is 23.9. The summed E-state index contributed by atoms with van der Waals surface area (Å²) in [6.07, 6.45) is 8.55. The number of rotatable bonds is 10. The molecule has 1 heterocycles. The molecule has 0 radical (unpaired) electrons. The first-order valence-electron chi connectivity index (χ1n) is 16.5. The minimum Gasteiger partial charge on any atom is -0.384 e. The second-order valence-corrected chi connectivity index (χ2v) is 13.6. The molecule has 50 heavy (non-hydrogen) atoms. The van der Waals surface area contributed by atoms with Crippen LogP contribution in [-0.4, -0.2) is 68.8 Å². The van der Waals surface area contributed by atoms with Gasteiger partial charge in [0.1, 0.15) is 17.9 Å². The quantitative estimate of drug-likeness (QED) is 0.111. The van der Waals surface area contributed by atoms with Crippen LogP contribution in [0.5, 0.6) is 0 Å². The Morgan fingerprint density at radius 2 is 1.60 bits per heavy atom. The van der Waals surface area contributed by atoms with E-state index in [-0.39, 0.29) is 50.1 Å². The lowest BCUT2D eigenvalue weighted by atomic mass is 10.1. The van der Waals surface area contributed by atoms with Crippen molar-refractivity contribution in [1.82, 2.24) is 26.0 Å². The summed E-state index contributed by atoms with van der Waals surface area (Å²) in [4.78, 5) is 52.7. The predicted octanol–water partition coefficient (Wildman–Crippen LogP) is 2.56. The summed E-state index contributed by atoms with van der Waals surface area (Å²) < 4.78 is 29.0. The molecular weight excluding hydrogens is 659 g/mol. The van der Waals surface area contributed by atoms with Crippen LogP contribution in [-0.2, 0) is 26.2 Å². The molecule has 2 aromatic rings. The lowest BCUT2D eigenvalue weighted by Gasteiger charge is -2.23. The molecule has 1 aliphatic heterocycles. The number of fused-ring (bicyclic) bond motifs is 2. The average Bonchev–Trinajstić information content (AvgIpc) is 3.10. The zero-order chi connectivity index (χ0) is 36.5. The molecule has 8 N–H and O–H groups in total. The van der Waals surface area contributed by atoms with Gasteiger partial charge in [0.05, 0.1) is 5.75 Å². The summed E-state index contributed by atoms with van der Waals surface area (Å²) in [5.74, 6) is -2.31. The fourth-order valence-corrected chi connectivity index (χ4v) is 6.52. The Kier molecular flexibility index (Phi) is 15.6. The lowest BCUT2D eigenvalue weighted by molar-refractivity contribution is -0.130. The first-order valence-corrected chi connectivity index (χ1v) is 18.2. The molecule has 0 aliphatic carbocycles. The third-order valence-corrected chi connectivity index (χ3v) is 9.28. The highest BCUT2D eigenvalue weighted by Gasteiger charge is 2.29. The summed E-state index contributed by atoms with van der Waals surface area (Å²) in [6, 6.07) is 11.0. The van der Waals surface area contributed by atoms with Gasteiger partial charge in [-0.2, -0.15) is 0 Å². The van der Waals surface area contributed by atoms with E-state index < -0.39 is 39.7 Å². The smallest absolute Gasteiger partial charge is 0.251 e. The Labute approximate surface area is 293 Å². The van der Waals surface area contributed by atoms with Crippen LogP contribution in [0.1, 0.15) is 77.3 Å². The molecule has 13 nitrogen and oxygen atoms in total. The van der Waals surface area contributed by atoms with Crippen molar-refractivity contribution in [2.75, 3.05) is 18.8 Å². The molecular formula is C36H47N7O6S. The zero-order valence-electron chi connectivity index (χ0n) is 28.3. The van der Waals surface area contributed by atoms with E-state index in [4.69, 9.17) is 11.1 Å². The van der Waals surface area contributed by atoms with Gasteiger partial charge in [0, 0.05) is 36.3 Å². The van der Waals surface area contributed by atoms with Crippen molar-refractivity contribution in [3.63, 3.8) is 0 Å². The summed E-state index contributed by atoms with van der Waals surface area (Å²) >= 11 is 0. The fraction of sp³-hybridized carbons (Fsp3) is 0.361. The highest BCUT2D eigenvalue weighted by molar-refractivity contribution is 7.89. The van der Waals surface area contributed by atoms with Gasteiger partial charge < -0.3 is 27.0 Å². The number of benzene rings is 2. The van der Waals surface area contributed by atoms with E-state index in [0.717, 1.165) is 5.56 Å². The SMILES string of the molecule is C=C/C(=C\C=C/C)CS(=O)(=O)N[C@@H]1CCCCNC(=O)c2cccc(c2)C(=O)NCCCC[C@@H](C(=O)NCc2ccc(C(=N)N)cc2)NC1=O. The van der Waals surface area contributed by atoms with Gasteiger partial charge in [-0.25, -0.2) is 13.1 Å². The summed E-state index contributed by atoms with van der Waals surface area (Å²) in [5.41, 5.74) is 7.92. The lowest BCUT2D eigenvalue weighted by Crippen LogP contribution is -2.54. The maximum atomic E-state index is 13.7. The molecule has 0 fully saturated rings. The van der Waals surface area contributed by atoms with Crippen LogP contribution in [0.2, 0.25) is 0 Å². The van der Waals surface area contributed by atoms with Crippen LogP contribution in [0.25, 0.3) is 0 Å². The topological polar surface area (TPSA) is 212 Å². The van der Waals surface area contributed by atoms with Crippen LogP contribution in [0.15, 0.2) is 85.0 Å². The maximum absolute atomic E-state index is 13.7. The molecule has 0 saturated heterocycles. The second kappa shape index (κ2) is 19.8. The van der Waals surface area contributed by atoms with E-state index in [2.05, 4.69) is 32.6 Å².